The molecule has 0 aliphatic carbocycles. The topological polar surface area (TPSA) is 21.8 Å². The molecule has 1 aliphatic rings. The van der Waals surface area contributed by atoms with Crippen molar-refractivity contribution in [1.29, 1.82) is 0 Å². The highest BCUT2D eigenvalue weighted by atomic mass is 80.0. The van der Waals surface area contributed by atoms with E-state index in [1.165, 1.54) is 0 Å². The molecule has 1 rings (SSSR count). The van der Waals surface area contributed by atoms with Crippen molar-refractivity contribution in [3.63, 3.8) is 0 Å². The van der Waals surface area contributed by atoms with Gasteiger partial charge < -0.3 is 9.47 Å². The van der Waals surface area contributed by atoms with Gasteiger partial charge in [-0.25, -0.2) is 0 Å². The number of ether oxygens (including phenoxy) is 2. The van der Waals surface area contributed by atoms with Gasteiger partial charge in [0.25, 0.3) is 3.93 Å². The molecule has 6 heteroatoms. The summed E-state index contributed by atoms with van der Waals surface area (Å²) >= 11 is 10.6. The highest BCUT2D eigenvalue weighted by Gasteiger charge is 2.33. The van der Waals surface area contributed by atoms with Crippen LogP contribution in [-0.2, 0) is 9.47 Å². The van der Waals surface area contributed by atoms with Crippen LogP contribution in [0.4, 0.5) is 0 Å². The van der Waals surface area contributed by atoms with Gasteiger partial charge in [0, 0.05) is 0 Å². The molecule has 0 saturated carbocycles. The zero-order valence-corrected chi connectivity index (χ0v) is 11.8. The van der Waals surface area contributed by atoms with Gasteiger partial charge in [0.2, 0.25) is 0 Å². The van der Waals surface area contributed by atoms with Gasteiger partial charge in [-0.15, -0.1) is 0 Å². The minimum Gasteiger partial charge on any atom is -0.376 e. The maximum Gasteiger partial charge on any atom is 0.294 e. The lowest BCUT2D eigenvalue weighted by molar-refractivity contribution is 0.101. The van der Waals surface area contributed by atoms with E-state index in [0.29, 0.717) is 12.7 Å². The fraction of sp³-hybridized carbons (Fsp3) is 1.00. The summed E-state index contributed by atoms with van der Waals surface area (Å²) in [7, 11) is 0. The molecule has 0 spiro atoms. The van der Waals surface area contributed by atoms with E-state index in [-0.39, 0.29) is 5.73 Å². The summed E-state index contributed by atoms with van der Waals surface area (Å²) in [4.78, 5) is 0. The number of epoxide rings is 1. The highest BCUT2D eigenvalue weighted by Crippen LogP contribution is 2.32. The Morgan fingerprint density at radius 2 is 2.18 bits per heavy atom. The zero-order chi connectivity index (χ0) is 8.48. The highest BCUT2D eigenvalue weighted by molar-refractivity contribution is 9.72. The normalized spacial score (nSPS) is 26.7. The molecule has 0 bridgehead atoms. The van der Waals surface area contributed by atoms with Gasteiger partial charge in [0.15, 0.2) is 0 Å². The minimum absolute atomic E-state index is 0.201. The average molecular weight is 369 g/mol. The van der Waals surface area contributed by atoms with Crippen molar-refractivity contribution in [2.75, 3.05) is 13.2 Å². The van der Waals surface area contributed by atoms with Crippen molar-refractivity contribution < 1.29 is 9.47 Å². The Kier molecular flexibility index (Phi) is 4.06. The summed E-state index contributed by atoms with van der Waals surface area (Å²) in [5.74, 6) is 0. The first-order chi connectivity index (χ1) is 5.00. The third kappa shape index (κ3) is 4.38. The summed E-state index contributed by atoms with van der Waals surface area (Å²) in [5.41, 5.74) is 0.201. The molecule has 2 atom stereocenters. The van der Waals surface area contributed by atoms with Crippen LogP contribution in [0.5, 0.6) is 0 Å². The SMILES string of the molecule is CC(OCC1CO1)[Si](Br)(Br)Br. The van der Waals surface area contributed by atoms with Gasteiger partial charge in [0.1, 0.15) is 6.10 Å². The molecule has 1 fully saturated rings. The second-order valence-corrected chi connectivity index (χ2v) is 25.2. The largest absolute Gasteiger partial charge is 0.376 e. The van der Waals surface area contributed by atoms with Crippen LogP contribution in [0.1, 0.15) is 6.92 Å². The van der Waals surface area contributed by atoms with Crippen molar-refractivity contribution in [1.82, 2.24) is 0 Å². The lowest BCUT2D eigenvalue weighted by Crippen LogP contribution is -2.30. The van der Waals surface area contributed by atoms with Crippen LogP contribution >= 0.6 is 45.9 Å². The molecule has 2 nitrogen and oxygen atoms in total. The van der Waals surface area contributed by atoms with Crippen molar-refractivity contribution in [3.05, 3.63) is 0 Å². The Hall–Kier alpha value is 1.58. The molecule has 0 aromatic carbocycles. The van der Waals surface area contributed by atoms with Crippen molar-refractivity contribution in [2.45, 2.75) is 18.8 Å². The van der Waals surface area contributed by atoms with E-state index in [9.17, 15) is 0 Å². The summed E-state index contributed by atoms with van der Waals surface area (Å²) in [6.07, 6.45) is 0.348. The predicted molar refractivity (Wildman–Crippen MR) is 57.7 cm³/mol. The smallest absolute Gasteiger partial charge is 0.294 e. The summed E-state index contributed by atoms with van der Waals surface area (Å²) in [6.45, 7) is 3.60. The van der Waals surface area contributed by atoms with Gasteiger partial charge in [-0.1, -0.05) is 45.9 Å². The third-order valence-corrected chi connectivity index (χ3v) is 8.29. The quantitative estimate of drug-likeness (QED) is 0.432. The van der Waals surface area contributed by atoms with E-state index in [4.69, 9.17) is 9.47 Å². The molecular weight excluding hydrogens is 360 g/mol. The van der Waals surface area contributed by atoms with Crippen LogP contribution < -0.4 is 0 Å². The Bertz CT molecular complexity index is 134. The average Bonchev–Trinajstić information content (AvgIpc) is 2.62. The van der Waals surface area contributed by atoms with E-state index >= 15 is 0 Å². The van der Waals surface area contributed by atoms with Crippen LogP contribution in [0.25, 0.3) is 0 Å². The van der Waals surface area contributed by atoms with Crippen molar-refractivity contribution >= 4 is 49.8 Å². The van der Waals surface area contributed by atoms with Gasteiger partial charge in [-0.3, -0.25) is 0 Å². The Morgan fingerprint density at radius 1 is 1.64 bits per heavy atom. The Morgan fingerprint density at radius 3 is 2.55 bits per heavy atom. The first kappa shape index (κ1) is 10.7. The molecule has 1 aliphatic heterocycles. The summed E-state index contributed by atoms with van der Waals surface area (Å²) in [6, 6.07) is 0. The number of halogens is 3. The van der Waals surface area contributed by atoms with Crippen LogP contribution in [0, 0.1) is 0 Å². The molecule has 0 N–H and O–H groups in total. The standard InChI is InChI=1S/C5H9Br3O2Si/c1-4(11(6,7)8)9-2-5-3-10-5/h4-5H,2-3H2,1H3. The lowest BCUT2D eigenvalue weighted by atomic mass is 10.5. The first-order valence-electron chi connectivity index (χ1n) is 3.30. The lowest BCUT2D eigenvalue weighted by Gasteiger charge is -2.18. The fourth-order valence-electron chi connectivity index (χ4n) is 0.510. The number of rotatable bonds is 4. The van der Waals surface area contributed by atoms with Gasteiger partial charge in [-0.2, -0.15) is 0 Å². The second-order valence-electron chi connectivity index (χ2n) is 2.47. The molecule has 0 radical (unpaired) electrons. The predicted octanol–water partition coefficient (Wildman–Crippen LogP) is 2.45. The Balaban J connectivity index is 2.13. The molecule has 1 heterocycles. The van der Waals surface area contributed by atoms with E-state index in [0.717, 1.165) is 6.61 Å². The molecule has 1 saturated heterocycles. The molecule has 2 unspecified atom stereocenters. The van der Waals surface area contributed by atoms with E-state index in [1.54, 1.807) is 0 Å². The van der Waals surface area contributed by atoms with Crippen molar-refractivity contribution in [2.24, 2.45) is 0 Å². The molecule has 0 aromatic rings. The van der Waals surface area contributed by atoms with E-state index in [2.05, 4.69) is 45.9 Å². The Labute approximate surface area is 90.8 Å². The van der Waals surface area contributed by atoms with Gasteiger partial charge in [0.05, 0.1) is 18.9 Å². The molecular formula is C5H9Br3O2Si. The first-order valence-corrected chi connectivity index (χ1v) is 12.1. The summed E-state index contributed by atoms with van der Waals surface area (Å²) < 4.78 is 8.90. The molecule has 0 amide bonds. The van der Waals surface area contributed by atoms with E-state index < -0.39 is 3.93 Å². The van der Waals surface area contributed by atoms with Gasteiger partial charge >= 0.3 is 0 Å². The molecule has 0 aromatic heterocycles. The second kappa shape index (κ2) is 4.19. The maximum atomic E-state index is 5.53. The number of hydrogen-bond donors (Lipinski definition) is 0. The number of hydrogen-bond acceptors (Lipinski definition) is 2. The summed E-state index contributed by atoms with van der Waals surface area (Å²) in [5, 5.41) is 0. The van der Waals surface area contributed by atoms with Crippen LogP contribution in [0.3, 0.4) is 0 Å². The van der Waals surface area contributed by atoms with Gasteiger partial charge in [-0.05, 0) is 6.92 Å². The fourth-order valence-corrected chi connectivity index (χ4v) is 1.99. The van der Waals surface area contributed by atoms with Crippen LogP contribution in [-0.4, -0.2) is 29.0 Å². The third-order valence-electron chi connectivity index (χ3n) is 1.40. The van der Waals surface area contributed by atoms with Crippen LogP contribution in [0.2, 0.25) is 0 Å². The van der Waals surface area contributed by atoms with Crippen molar-refractivity contribution in [3.8, 4) is 0 Å². The minimum atomic E-state index is -1.64. The molecule has 11 heavy (non-hydrogen) atoms. The zero-order valence-electron chi connectivity index (χ0n) is 6.02. The monoisotopic (exact) mass is 366 g/mol. The van der Waals surface area contributed by atoms with Crippen LogP contribution in [0.15, 0.2) is 0 Å². The molecule has 66 valence electrons. The van der Waals surface area contributed by atoms with E-state index in [1.807, 2.05) is 6.92 Å². The maximum absolute atomic E-state index is 5.53.